The summed E-state index contributed by atoms with van der Waals surface area (Å²) in [6.45, 7) is 9.68. The zero-order valence-corrected chi connectivity index (χ0v) is 24.0. The van der Waals surface area contributed by atoms with Crippen LogP contribution in [0.4, 0.5) is 24.1 Å². The molecule has 1 amide bonds. The van der Waals surface area contributed by atoms with Crippen molar-refractivity contribution >= 4 is 38.4 Å². The van der Waals surface area contributed by atoms with E-state index in [1.54, 1.807) is 18.2 Å². The van der Waals surface area contributed by atoms with Crippen LogP contribution >= 0.6 is 11.3 Å². The number of alkyl halides is 3. The maximum atomic E-state index is 13.7. The summed E-state index contributed by atoms with van der Waals surface area (Å²) in [5.41, 5.74) is -0.181. The summed E-state index contributed by atoms with van der Waals surface area (Å²) in [5, 5.41) is 9.97. The Kier molecular flexibility index (Phi) is 7.36. The second-order valence-electron chi connectivity index (χ2n) is 11.4. The third kappa shape index (κ3) is 6.73. The van der Waals surface area contributed by atoms with E-state index in [1.807, 2.05) is 6.07 Å². The van der Waals surface area contributed by atoms with Crippen molar-refractivity contribution in [2.45, 2.75) is 70.8 Å². The summed E-state index contributed by atoms with van der Waals surface area (Å²) in [4.78, 5) is 28.4. The number of amides is 1. The number of thiazole rings is 1. The number of benzene rings is 1. The Hall–Kier alpha value is -3.84. The van der Waals surface area contributed by atoms with Gasteiger partial charge in [0.1, 0.15) is 23.4 Å². The zero-order valence-electron chi connectivity index (χ0n) is 23.2. The molecule has 9 nitrogen and oxygen atoms in total. The number of fused-ring (bicyclic) bond motifs is 1. The molecule has 3 aromatic heterocycles. The first kappa shape index (κ1) is 28.7. The van der Waals surface area contributed by atoms with Gasteiger partial charge in [-0.05, 0) is 64.8 Å². The largest absolute Gasteiger partial charge is 0.437 e. The fourth-order valence-corrected chi connectivity index (χ4v) is 6.35. The van der Waals surface area contributed by atoms with Crippen molar-refractivity contribution in [1.29, 1.82) is 0 Å². The highest BCUT2D eigenvalue weighted by Gasteiger charge is 2.39. The van der Waals surface area contributed by atoms with Crippen LogP contribution in [0.25, 0.3) is 21.5 Å². The molecule has 13 heteroatoms. The lowest BCUT2D eigenvalue weighted by Gasteiger charge is -2.46. The fourth-order valence-electron chi connectivity index (χ4n) is 5.42. The zero-order chi connectivity index (χ0) is 29.6. The molecule has 1 fully saturated rings. The fraction of sp³-hybridized carbons (Fsp3) is 0.393. The first-order valence-electron chi connectivity index (χ1n) is 13.0. The first-order valence-corrected chi connectivity index (χ1v) is 13.8. The molecule has 0 saturated carbocycles. The number of carbonyl (C=O) groups is 1. The van der Waals surface area contributed by atoms with Crippen LogP contribution in [-0.4, -0.2) is 43.0 Å². The minimum absolute atomic E-state index is 0.0875. The number of ether oxygens (including phenoxy) is 1. The number of hydrogen-bond donors (Lipinski definition) is 3. The van der Waals surface area contributed by atoms with Gasteiger partial charge in [-0.3, -0.25) is 4.79 Å². The summed E-state index contributed by atoms with van der Waals surface area (Å²) < 4.78 is 47.8. The van der Waals surface area contributed by atoms with Crippen molar-refractivity contribution < 1.29 is 22.7 Å². The SMILES string of the molecule is CC(=O)Nc1nc2c(Oc3cc(-c4ccc(C(F)(F)F)nc4NC4CC(C)(C)NC(C)(C)C4)ncn3)cccc2s1. The van der Waals surface area contributed by atoms with Gasteiger partial charge in [0.2, 0.25) is 11.8 Å². The highest BCUT2D eigenvalue weighted by atomic mass is 32.1. The van der Waals surface area contributed by atoms with E-state index in [0.717, 1.165) is 10.8 Å². The highest BCUT2D eigenvalue weighted by molar-refractivity contribution is 7.22. The van der Waals surface area contributed by atoms with Crippen molar-refractivity contribution in [2.24, 2.45) is 0 Å². The van der Waals surface area contributed by atoms with Crippen LogP contribution in [0.15, 0.2) is 42.7 Å². The molecule has 216 valence electrons. The van der Waals surface area contributed by atoms with E-state index >= 15 is 0 Å². The lowest BCUT2D eigenvalue weighted by Crippen LogP contribution is -2.60. The molecule has 41 heavy (non-hydrogen) atoms. The number of anilines is 2. The molecule has 4 heterocycles. The van der Waals surface area contributed by atoms with Crippen molar-refractivity contribution in [1.82, 2.24) is 25.3 Å². The molecule has 5 rings (SSSR count). The van der Waals surface area contributed by atoms with Crippen LogP contribution < -0.4 is 20.7 Å². The summed E-state index contributed by atoms with van der Waals surface area (Å²) in [7, 11) is 0. The van der Waals surface area contributed by atoms with E-state index < -0.39 is 11.9 Å². The van der Waals surface area contributed by atoms with Crippen LogP contribution in [-0.2, 0) is 11.0 Å². The van der Waals surface area contributed by atoms with Crippen molar-refractivity contribution in [3.8, 4) is 22.9 Å². The van der Waals surface area contributed by atoms with E-state index in [4.69, 9.17) is 4.74 Å². The Balaban J connectivity index is 1.49. The molecule has 0 bridgehead atoms. The number of halogens is 3. The molecular formula is C28H30F3N7O2S. The monoisotopic (exact) mass is 585 g/mol. The molecule has 0 unspecified atom stereocenters. The lowest BCUT2D eigenvalue weighted by atomic mass is 9.79. The number of para-hydroxylation sites is 1. The normalized spacial score (nSPS) is 16.9. The quantitative estimate of drug-likeness (QED) is 0.231. The highest BCUT2D eigenvalue weighted by Crippen LogP contribution is 2.38. The van der Waals surface area contributed by atoms with Crippen LogP contribution in [0.1, 0.15) is 53.2 Å². The summed E-state index contributed by atoms with van der Waals surface area (Å²) in [6.07, 6.45) is -1.95. The van der Waals surface area contributed by atoms with Crippen LogP contribution in [0.3, 0.4) is 0 Å². The van der Waals surface area contributed by atoms with Gasteiger partial charge in [-0.25, -0.2) is 19.9 Å². The number of carbonyl (C=O) groups excluding carboxylic acids is 1. The Bertz CT molecular complexity index is 1590. The standard InChI is InChI=1S/C28H30F3N7O2S/c1-15(39)34-25-37-23-19(7-6-8-20(23)41-25)40-22-11-18(32-14-33-22)17-9-10-21(28(29,30)31)36-24(17)35-16-12-26(2,3)38-27(4,5)13-16/h6-11,14,16,38H,12-13H2,1-5H3,(H,35,36)(H,34,37,39). The van der Waals surface area contributed by atoms with Gasteiger partial charge in [0.05, 0.1) is 10.4 Å². The van der Waals surface area contributed by atoms with E-state index in [9.17, 15) is 18.0 Å². The average molecular weight is 586 g/mol. The number of nitrogens with zero attached hydrogens (tertiary/aromatic N) is 4. The number of piperidine rings is 1. The summed E-state index contributed by atoms with van der Waals surface area (Å²) in [5.74, 6) is 0.428. The second-order valence-corrected chi connectivity index (χ2v) is 12.4. The van der Waals surface area contributed by atoms with Gasteiger partial charge in [0, 0.05) is 35.7 Å². The van der Waals surface area contributed by atoms with E-state index in [2.05, 4.69) is 63.6 Å². The van der Waals surface area contributed by atoms with E-state index in [-0.39, 0.29) is 34.7 Å². The van der Waals surface area contributed by atoms with Crippen LogP contribution in [0, 0.1) is 0 Å². The number of rotatable bonds is 6. The maximum Gasteiger partial charge on any atom is 0.433 e. The Morgan fingerprint density at radius 2 is 1.80 bits per heavy atom. The van der Waals surface area contributed by atoms with Gasteiger partial charge in [-0.1, -0.05) is 17.4 Å². The van der Waals surface area contributed by atoms with Gasteiger partial charge in [-0.15, -0.1) is 0 Å². The molecule has 1 aliphatic rings. The molecule has 0 aliphatic carbocycles. The summed E-state index contributed by atoms with van der Waals surface area (Å²) in [6, 6.07) is 9.08. The minimum Gasteiger partial charge on any atom is -0.437 e. The molecule has 0 radical (unpaired) electrons. The molecule has 4 aromatic rings. The lowest BCUT2D eigenvalue weighted by molar-refractivity contribution is -0.141. The smallest absolute Gasteiger partial charge is 0.433 e. The second kappa shape index (κ2) is 10.5. The van der Waals surface area contributed by atoms with Crippen molar-refractivity contribution in [3.63, 3.8) is 0 Å². The third-order valence-corrected chi connectivity index (χ3v) is 7.45. The van der Waals surface area contributed by atoms with Crippen molar-refractivity contribution in [2.75, 3.05) is 10.6 Å². The number of hydrogen-bond acceptors (Lipinski definition) is 9. The van der Waals surface area contributed by atoms with Gasteiger partial charge < -0.3 is 20.7 Å². The molecular weight excluding hydrogens is 555 g/mol. The minimum atomic E-state index is -4.61. The Labute approximate surface area is 239 Å². The molecule has 3 N–H and O–H groups in total. The third-order valence-electron chi connectivity index (χ3n) is 6.51. The van der Waals surface area contributed by atoms with E-state index in [1.165, 1.54) is 30.7 Å². The predicted molar refractivity (Wildman–Crippen MR) is 152 cm³/mol. The van der Waals surface area contributed by atoms with Crippen molar-refractivity contribution in [3.05, 3.63) is 48.4 Å². The topological polar surface area (TPSA) is 114 Å². The number of pyridine rings is 1. The van der Waals surface area contributed by atoms with Gasteiger partial charge in [0.15, 0.2) is 10.9 Å². The van der Waals surface area contributed by atoms with Gasteiger partial charge in [-0.2, -0.15) is 13.2 Å². The predicted octanol–water partition coefficient (Wildman–Crippen LogP) is 6.64. The molecule has 0 spiro atoms. The average Bonchev–Trinajstić information content (AvgIpc) is 3.24. The Morgan fingerprint density at radius 1 is 1.07 bits per heavy atom. The first-order chi connectivity index (χ1) is 19.2. The molecule has 1 aliphatic heterocycles. The molecule has 0 atom stereocenters. The Morgan fingerprint density at radius 3 is 2.49 bits per heavy atom. The summed E-state index contributed by atoms with van der Waals surface area (Å²) >= 11 is 1.30. The number of nitrogens with one attached hydrogen (secondary N) is 3. The van der Waals surface area contributed by atoms with Crippen LogP contribution in [0.5, 0.6) is 11.6 Å². The maximum absolute atomic E-state index is 13.7. The van der Waals surface area contributed by atoms with Gasteiger partial charge >= 0.3 is 6.18 Å². The number of aromatic nitrogens is 4. The van der Waals surface area contributed by atoms with Gasteiger partial charge in [0.25, 0.3) is 0 Å². The van der Waals surface area contributed by atoms with Crippen LogP contribution in [0.2, 0.25) is 0 Å². The van der Waals surface area contributed by atoms with E-state index in [0.29, 0.717) is 40.5 Å². The molecule has 1 saturated heterocycles. The molecule has 1 aromatic carbocycles.